The molecule has 0 aromatic heterocycles. The summed E-state index contributed by atoms with van der Waals surface area (Å²) in [7, 11) is 0. The number of anilines is 3. The van der Waals surface area contributed by atoms with Gasteiger partial charge in [-0.3, -0.25) is 0 Å². The van der Waals surface area contributed by atoms with Gasteiger partial charge >= 0.3 is 0 Å². The summed E-state index contributed by atoms with van der Waals surface area (Å²) in [5, 5.41) is 4.88. The third-order valence-corrected chi connectivity index (χ3v) is 12.1. The third kappa shape index (κ3) is 5.39. The third-order valence-electron chi connectivity index (χ3n) is 12.1. The molecule has 0 unspecified atom stereocenters. The van der Waals surface area contributed by atoms with Crippen molar-refractivity contribution >= 4 is 38.6 Å². The summed E-state index contributed by atoms with van der Waals surface area (Å²) in [4.78, 5) is 2.47. The van der Waals surface area contributed by atoms with Gasteiger partial charge in [-0.05, 0) is 108 Å². The van der Waals surface area contributed by atoms with Crippen molar-refractivity contribution in [3.8, 4) is 33.4 Å². The van der Waals surface area contributed by atoms with Crippen LogP contribution in [0.15, 0.2) is 237 Å². The van der Waals surface area contributed by atoms with Crippen LogP contribution in [0.4, 0.5) is 17.1 Å². The molecule has 0 radical (unpaired) electrons. The lowest BCUT2D eigenvalue weighted by atomic mass is 9.66. The van der Waals surface area contributed by atoms with Crippen LogP contribution < -0.4 is 4.90 Å². The highest BCUT2D eigenvalue weighted by atomic mass is 15.1. The molecule has 0 fully saturated rings. The minimum atomic E-state index is -0.568. The topological polar surface area (TPSA) is 3.24 Å². The zero-order valence-electron chi connectivity index (χ0n) is 32.0. The Labute approximate surface area is 339 Å². The summed E-state index contributed by atoms with van der Waals surface area (Å²) in [6.07, 6.45) is 0. The van der Waals surface area contributed by atoms with E-state index in [1.807, 2.05) is 0 Å². The van der Waals surface area contributed by atoms with Gasteiger partial charge in [0.2, 0.25) is 0 Å². The van der Waals surface area contributed by atoms with Crippen LogP contribution >= 0.6 is 0 Å². The van der Waals surface area contributed by atoms with Crippen molar-refractivity contribution in [2.45, 2.75) is 5.41 Å². The molecule has 272 valence electrons. The normalized spacial score (nSPS) is 12.6. The minimum Gasteiger partial charge on any atom is -0.310 e. The van der Waals surface area contributed by atoms with Gasteiger partial charge in [-0.2, -0.15) is 0 Å². The van der Waals surface area contributed by atoms with Crippen LogP contribution in [0.2, 0.25) is 0 Å². The maximum atomic E-state index is 2.48. The summed E-state index contributed by atoms with van der Waals surface area (Å²) in [5.41, 5.74) is 15.3. The molecule has 0 spiro atoms. The van der Waals surface area contributed by atoms with Crippen molar-refractivity contribution in [1.82, 2.24) is 0 Å². The Hall–Kier alpha value is -7.48. The highest BCUT2D eigenvalue weighted by Crippen LogP contribution is 2.60. The lowest BCUT2D eigenvalue weighted by molar-refractivity contribution is 0.776. The van der Waals surface area contributed by atoms with E-state index in [4.69, 9.17) is 0 Å². The summed E-state index contributed by atoms with van der Waals surface area (Å²) in [5.74, 6) is 0. The smallest absolute Gasteiger partial charge is 0.0719 e. The van der Waals surface area contributed by atoms with Crippen LogP contribution in [0.5, 0.6) is 0 Å². The Morgan fingerprint density at radius 3 is 1.47 bits per heavy atom. The molecule has 10 aromatic rings. The molecule has 0 bridgehead atoms. The number of rotatable bonds is 7. The molecule has 1 heteroatoms. The first-order chi connectivity index (χ1) is 28.8. The van der Waals surface area contributed by atoms with Crippen LogP contribution in [0.25, 0.3) is 54.9 Å². The maximum absolute atomic E-state index is 2.48. The molecule has 0 saturated carbocycles. The van der Waals surface area contributed by atoms with E-state index in [0.717, 1.165) is 17.1 Å². The number of fused-ring (bicyclic) bond motifs is 6. The molecular formula is C57H39N. The first-order valence-electron chi connectivity index (χ1n) is 20.1. The lowest BCUT2D eigenvalue weighted by Gasteiger charge is -2.35. The second kappa shape index (κ2) is 13.9. The number of nitrogens with zero attached hydrogens (tertiary/aromatic N) is 1. The fourth-order valence-corrected chi connectivity index (χ4v) is 9.51. The molecule has 1 nitrogen and oxygen atoms in total. The van der Waals surface area contributed by atoms with E-state index in [2.05, 4.69) is 241 Å². The molecule has 0 N–H and O–H groups in total. The van der Waals surface area contributed by atoms with Gasteiger partial charge in [-0.25, -0.2) is 0 Å². The van der Waals surface area contributed by atoms with Crippen molar-refractivity contribution in [1.29, 1.82) is 0 Å². The van der Waals surface area contributed by atoms with Crippen LogP contribution in [0.3, 0.4) is 0 Å². The van der Waals surface area contributed by atoms with E-state index in [1.54, 1.807) is 0 Å². The second-order valence-corrected chi connectivity index (χ2v) is 15.3. The van der Waals surface area contributed by atoms with Crippen LogP contribution in [0.1, 0.15) is 22.3 Å². The Morgan fingerprint density at radius 1 is 0.310 bits per heavy atom. The number of hydrogen-bond donors (Lipinski definition) is 0. The van der Waals surface area contributed by atoms with E-state index in [-0.39, 0.29) is 0 Å². The zero-order chi connectivity index (χ0) is 38.5. The van der Waals surface area contributed by atoms with Crippen molar-refractivity contribution in [2.75, 3.05) is 4.90 Å². The fourth-order valence-electron chi connectivity index (χ4n) is 9.51. The van der Waals surface area contributed by atoms with E-state index >= 15 is 0 Å². The Bertz CT molecular complexity index is 3040. The average molecular weight is 738 g/mol. The first kappa shape index (κ1) is 33.8. The molecule has 0 amide bonds. The van der Waals surface area contributed by atoms with Crippen molar-refractivity contribution in [3.05, 3.63) is 259 Å². The van der Waals surface area contributed by atoms with Crippen molar-refractivity contribution < 1.29 is 0 Å². The zero-order valence-corrected chi connectivity index (χ0v) is 32.0. The molecule has 0 heterocycles. The Kier molecular flexibility index (Phi) is 8.12. The number of benzene rings is 10. The summed E-state index contributed by atoms with van der Waals surface area (Å²) < 4.78 is 0. The minimum absolute atomic E-state index is 0.568. The largest absolute Gasteiger partial charge is 0.310 e. The second-order valence-electron chi connectivity index (χ2n) is 15.3. The van der Waals surface area contributed by atoms with E-state index < -0.39 is 5.41 Å². The molecule has 10 aromatic carbocycles. The molecule has 0 atom stereocenters. The summed E-state index contributed by atoms with van der Waals surface area (Å²) in [6, 6.07) is 87.0. The average Bonchev–Trinajstić information content (AvgIpc) is 3.61. The van der Waals surface area contributed by atoms with Gasteiger partial charge in [-0.15, -0.1) is 0 Å². The Balaban J connectivity index is 1.23. The quantitative estimate of drug-likeness (QED) is 0.157. The van der Waals surface area contributed by atoms with Gasteiger partial charge in [0.15, 0.2) is 0 Å². The summed E-state index contributed by atoms with van der Waals surface area (Å²) >= 11 is 0. The summed E-state index contributed by atoms with van der Waals surface area (Å²) in [6.45, 7) is 0. The SMILES string of the molecule is c1ccc(-c2ccc(N(c3ccc4ccccc4c3)c3cc4c(c5ccccc35)C(c3ccccc3)(c3ccccc3)c3cc(-c5ccccc5)ccc3-4)cc2)cc1. The van der Waals surface area contributed by atoms with Crippen molar-refractivity contribution in [2.24, 2.45) is 0 Å². The van der Waals surface area contributed by atoms with E-state index in [1.165, 1.54) is 77.2 Å². The van der Waals surface area contributed by atoms with E-state index in [0.29, 0.717) is 0 Å². The molecular weight excluding hydrogens is 699 g/mol. The van der Waals surface area contributed by atoms with Gasteiger partial charge < -0.3 is 4.90 Å². The molecule has 1 aliphatic rings. The molecule has 0 aliphatic heterocycles. The van der Waals surface area contributed by atoms with Gasteiger partial charge in [0, 0.05) is 16.8 Å². The highest BCUT2D eigenvalue weighted by Gasteiger charge is 2.48. The molecule has 11 rings (SSSR count). The lowest BCUT2D eigenvalue weighted by Crippen LogP contribution is -2.29. The predicted molar refractivity (Wildman–Crippen MR) is 244 cm³/mol. The maximum Gasteiger partial charge on any atom is 0.0719 e. The van der Waals surface area contributed by atoms with Gasteiger partial charge in [-0.1, -0.05) is 200 Å². The van der Waals surface area contributed by atoms with E-state index in [9.17, 15) is 0 Å². The monoisotopic (exact) mass is 737 g/mol. The van der Waals surface area contributed by atoms with Crippen molar-refractivity contribution in [3.63, 3.8) is 0 Å². The standard InChI is InChI=1S/C57H39N/c1-5-17-40(18-6-1)43-29-33-48(34-30-43)58(49-35-31-42-21-13-14-22-44(42)37-49)55-39-53-50-36-32-45(41-19-7-2-8-20-41)38-54(50)57(46-23-9-3-10-24-46,47-25-11-4-12-26-47)56(53)52-28-16-15-27-51(52)55/h1-39H. The molecule has 58 heavy (non-hydrogen) atoms. The first-order valence-corrected chi connectivity index (χ1v) is 20.1. The number of hydrogen-bond acceptors (Lipinski definition) is 1. The van der Waals surface area contributed by atoms with Crippen LogP contribution in [-0.2, 0) is 5.41 Å². The predicted octanol–water partition coefficient (Wildman–Crippen LogP) is 15.2. The van der Waals surface area contributed by atoms with Gasteiger partial charge in [0.25, 0.3) is 0 Å². The van der Waals surface area contributed by atoms with Crippen LogP contribution in [-0.4, -0.2) is 0 Å². The van der Waals surface area contributed by atoms with Crippen LogP contribution in [0, 0.1) is 0 Å². The molecule has 1 aliphatic carbocycles. The Morgan fingerprint density at radius 2 is 0.810 bits per heavy atom. The fraction of sp³-hybridized carbons (Fsp3) is 0.0175. The van der Waals surface area contributed by atoms with Gasteiger partial charge in [0.05, 0.1) is 11.1 Å². The highest BCUT2D eigenvalue weighted by molar-refractivity contribution is 6.09. The molecule has 0 saturated heterocycles. The van der Waals surface area contributed by atoms with Gasteiger partial charge in [0.1, 0.15) is 0 Å².